The average Bonchev–Trinajstić information content (AvgIpc) is 3.42. The number of ether oxygens (including phenoxy) is 1. The number of hydrogen-bond acceptors (Lipinski definition) is 5. The van der Waals surface area contributed by atoms with Gasteiger partial charge in [-0.1, -0.05) is 33.1 Å². The van der Waals surface area contributed by atoms with Crippen molar-refractivity contribution in [1.82, 2.24) is 15.5 Å². The van der Waals surface area contributed by atoms with Crippen molar-refractivity contribution in [2.45, 2.75) is 108 Å². The number of likely N-dealkylation sites (tertiary alicyclic amines) is 1. The number of hydrogen-bond donors (Lipinski definition) is 3. The summed E-state index contributed by atoms with van der Waals surface area (Å²) >= 11 is 0. The van der Waals surface area contributed by atoms with Crippen LogP contribution >= 0.6 is 0 Å². The van der Waals surface area contributed by atoms with Crippen LogP contribution in [0.1, 0.15) is 84.5 Å². The summed E-state index contributed by atoms with van der Waals surface area (Å²) in [6.45, 7) is 5.03. The van der Waals surface area contributed by atoms with Crippen molar-refractivity contribution in [3.63, 3.8) is 0 Å². The molecule has 8 nitrogen and oxygen atoms in total. The number of amides is 3. The van der Waals surface area contributed by atoms with Gasteiger partial charge in [0.15, 0.2) is 0 Å². The molecule has 2 unspecified atom stereocenters. The third-order valence-electron chi connectivity index (χ3n) is 8.52. The topological polar surface area (TPSA) is 108 Å². The van der Waals surface area contributed by atoms with Crippen molar-refractivity contribution < 1.29 is 24.2 Å². The van der Waals surface area contributed by atoms with Gasteiger partial charge >= 0.3 is 0 Å². The monoisotopic (exact) mass is 463 g/mol. The first kappa shape index (κ1) is 24.5. The predicted molar refractivity (Wildman–Crippen MR) is 123 cm³/mol. The van der Waals surface area contributed by atoms with Crippen LogP contribution in [0.3, 0.4) is 0 Å². The highest BCUT2D eigenvalue weighted by molar-refractivity contribution is 5.99. The fourth-order valence-electron chi connectivity index (χ4n) is 6.94. The van der Waals surface area contributed by atoms with E-state index in [4.69, 9.17) is 4.74 Å². The maximum atomic E-state index is 13.8. The number of carbonyl (C=O) groups excluding carboxylic acids is 3. The first-order valence-corrected chi connectivity index (χ1v) is 13.1. The lowest BCUT2D eigenvalue weighted by Gasteiger charge is -2.35. The quantitative estimate of drug-likeness (QED) is 0.429. The van der Waals surface area contributed by atoms with Crippen LogP contribution in [0.5, 0.6) is 0 Å². The van der Waals surface area contributed by atoms with Gasteiger partial charge in [0, 0.05) is 25.7 Å². The maximum Gasteiger partial charge on any atom is 0.246 e. The first-order valence-electron chi connectivity index (χ1n) is 13.1. The minimum Gasteiger partial charge on any atom is -0.396 e. The summed E-state index contributed by atoms with van der Waals surface area (Å²) < 4.78 is 6.73. The Morgan fingerprint density at radius 3 is 2.55 bits per heavy atom. The number of carbonyl (C=O) groups is 3. The van der Waals surface area contributed by atoms with E-state index in [1.165, 1.54) is 6.42 Å². The van der Waals surface area contributed by atoms with Crippen LogP contribution in [-0.4, -0.2) is 70.7 Å². The second kappa shape index (κ2) is 9.90. The number of nitrogens with zero attached hydrogens (tertiary/aromatic N) is 1. The molecule has 0 aromatic heterocycles. The van der Waals surface area contributed by atoms with Gasteiger partial charge in [-0.25, -0.2) is 0 Å². The molecule has 4 aliphatic rings. The molecule has 0 aromatic carbocycles. The SMILES string of the molecule is CCCNC(=O)[C@@H]1[C@H]2C(=O)N(CCCCO)C(C(=O)NC3CCCCC3)C23CC[C@@]1(CC)O3. The van der Waals surface area contributed by atoms with E-state index >= 15 is 0 Å². The number of aliphatic hydroxyl groups is 1. The summed E-state index contributed by atoms with van der Waals surface area (Å²) in [5.74, 6) is -1.59. The normalized spacial score (nSPS) is 35.7. The molecule has 1 aliphatic carbocycles. The molecule has 0 radical (unpaired) electrons. The van der Waals surface area contributed by atoms with E-state index in [-0.39, 0.29) is 30.4 Å². The Hall–Kier alpha value is -1.67. The lowest BCUT2D eigenvalue weighted by Crippen LogP contribution is -2.57. The van der Waals surface area contributed by atoms with Crippen LogP contribution in [0.4, 0.5) is 0 Å². The van der Waals surface area contributed by atoms with Crippen molar-refractivity contribution in [2.75, 3.05) is 19.7 Å². The Morgan fingerprint density at radius 1 is 1.12 bits per heavy atom. The van der Waals surface area contributed by atoms with Crippen LogP contribution < -0.4 is 10.6 Å². The van der Waals surface area contributed by atoms with Crippen LogP contribution in [0.2, 0.25) is 0 Å². The zero-order valence-electron chi connectivity index (χ0n) is 20.2. The zero-order chi connectivity index (χ0) is 23.6. The minimum atomic E-state index is -0.945. The molecule has 3 heterocycles. The van der Waals surface area contributed by atoms with Gasteiger partial charge in [-0.15, -0.1) is 0 Å². The van der Waals surface area contributed by atoms with Crippen LogP contribution in [-0.2, 0) is 19.1 Å². The lowest BCUT2D eigenvalue weighted by atomic mass is 9.65. The van der Waals surface area contributed by atoms with Gasteiger partial charge in [-0.05, 0) is 51.4 Å². The highest BCUT2D eigenvalue weighted by atomic mass is 16.5. The summed E-state index contributed by atoms with van der Waals surface area (Å²) in [6, 6.07) is -0.577. The fraction of sp³-hybridized carbons (Fsp3) is 0.880. The van der Waals surface area contributed by atoms with Gasteiger partial charge < -0.3 is 25.4 Å². The summed E-state index contributed by atoms with van der Waals surface area (Å²) in [5, 5.41) is 15.5. The molecule has 1 saturated carbocycles. The first-order chi connectivity index (χ1) is 15.9. The Bertz CT molecular complexity index is 754. The molecule has 3 amide bonds. The van der Waals surface area contributed by atoms with E-state index in [0.29, 0.717) is 45.2 Å². The molecule has 186 valence electrons. The molecule has 0 aromatic rings. The van der Waals surface area contributed by atoms with Gasteiger partial charge in [0.2, 0.25) is 17.7 Å². The highest BCUT2D eigenvalue weighted by Crippen LogP contribution is 2.64. The zero-order valence-corrected chi connectivity index (χ0v) is 20.2. The second-order valence-corrected chi connectivity index (χ2v) is 10.4. The summed E-state index contributed by atoms with van der Waals surface area (Å²) in [6.07, 6.45) is 9.31. The van der Waals surface area contributed by atoms with E-state index in [0.717, 1.165) is 32.1 Å². The molecule has 8 heteroatoms. The summed E-state index contributed by atoms with van der Waals surface area (Å²) in [7, 11) is 0. The van der Waals surface area contributed by atoms with Gasteiger partial charge in [-0.3, -0.25) is 14.4 Å². The molecule has 3 N–H and O–H groups in total. The lowest BCUT2D eigenvalue weighted by molar-refractivity contribution is -0.148. The summed E-state index contributed by atoms with van der Waals surface area (Å²) in [4.78, 5) is 42.6. The van der Waals surface area contributed by atoms with E-state index in [1.807, 2.05) is 13.8 Å². The minimum absolute atomic E-state index is 0.0486. The third-order valence-corrected chi connectivity index (χ3v) is 8.52. The number of unbranched alkanes of at least 4 members (excludes halogenated alkanes) is 1. The fourth-order valence-corrected chi connectivity index (χ4v) is 6.94. The van der Waals surface area contributed by atoms with Crippen LogP contribution in [0.15, 0.2) is 0 Å². The molecule has 3 aliphatic heterocycles. The molecular formula is C25H41N3O5. The number of rotatable bonds is 10. The average molecular weight is 464 g/mol. The van der Waals surface area contributed by atoms with Crippen molar-refractivity contribution in [3.05, 3.63) is 0 Å². The molecule has 3 saturated heterocycles. The third kappa shape index (κ3) is 4.07. The summed E-state index contributed by atoms with van der Waals surface area (Å²) in [5.41, 5.74) is -1.63. The molecule has 5 atom stereocenters. The van der Waals surface area contributed by atoms with E-state index in [9.17, 15) is 19.5 Å². The molecule has 33 heavy (non-hydrogen) atoms. The second-order valence-electron chi connectivity index (χ2n) is 10.4. The smallest absolute Gasteiger partial charge is 0.246 e. The van der Waals surface area contributed by atoms with Gasteiger partial charge in [0.25, 0.3) is 0 Å². The Labute approximate surface area is 197 Å². The van der Waals surface area contributed by atoms with Gasteiger partial charge in [-0.2, -0.15) is 0 Å². The molecule has 1 spiro atoms. The van der Waals surface area contributed by atoms with Gasteiger partial charge in [0.05, 0.1) is 17.4 Å². The van der Waals surface area contributed by atoms with Crippen molar-refractivity contribution >= 4 is 17.7 Å². The maximum absolute atomic E-state index is 13.8. The molecular weight excluding hydrogens is 422 g/mol. The standard InChI is InChI=1S/C25H41N3O5/c1-3-14-26-21(30)18-19-23(32)28(15-8-9-16-29)20(22(31)27-17-10-6-5-7-11-17)25(19)13-12-24(18,4-2)33-25/h17-20,29H,3-16H2,1-2H3,(H,26,30)(H,27,31)/t18-,19-,20?,24+,25?/m0/s1. The molecule has 4 fully saturated rings. The van der Waals surface area contributed by atoms with E-state index < -0.39 is 29.1 Å². The van der Waals surface area contributed by atoms with E-state index in [2.05, 4.69) is 10.6 Å². The van der Waals surface area contributed by atoms with Crippen molar-refractivity contribution in [2.24, 2.45) is 11.8 Å². The largest absolute Gasteiger partial charge is 0.396 e. The van der Waals surface area contributed by atoms with Gasteiger partial charge in [0.1, 0.15) is 11.6 Å². The predicted octanol–water partition coefficient (Wildman–Crippen LogP) is 1.89. The number of nitrogens with one attached hydrogen (secondary N) is 2. The Kier molecular flexibility index (Phi) is 7.34. The van der Waals surface area contributed by atoms with Crippen molar-refractivity contribution in [3.8, 4) is 0 Å². The van der Waals surface area contributed by atoms with Crippen LogP contribution in [0, 0.1) is 11.8 Å². The highest BCUT2D eigenvalue weighted by Gasteiger charge is 2.78. The Morgan fingerprint density at radius 2 is 1.88 bits per heavy atom. The Balaban J connectivity index is 1.66. The van der Waals surface area contributed by atoms with E-state index in [1.54, 1.807) is 4.90 Å². The number of fused-ring (bicyclic) bond motifs is 1. The van der Waals surface area contributed by atoms with Crippen molar-refractivity contribution in [1.29, 1.82) is 0 Å². The molecule has 4 rings (SSSR count). The molecule has 2 bridgehead atoms. The number of aliphatic hydroxyl groups excluding tert-OH is 1. The van der Waals surface area contributed by atoms with Crippen LogP contribution in [0.25, 0.3) is 0 Å².